The minimum Gasteiger partial charge on any atom is -0.474 e. The number of rotatable bonds is 11. The highest BCUT2D eigenvalue weighted by atomic mass is 16.5. The number of benzene rings is 1. The highest BCUT2D eigenvalue weighted by Crippen LogP contribution is 2.32. The molecule has 0 radical (unpaired) electrons. The van der Waals surface area contributed by atoms with Crippen LogP contribution in [0.25, 0.3) is 32.9 Å². The monoisotopic (exact) mass is 461 g/mol. The molecule has 1 aliphatic carbocycles. The minimum absolute atomic E-state index is 0.157. The molecule has 0 atom stereocenters. The first-order chi connectivity index (χ1) is 16.7. The van der Waals surface area contributed by atoms with Gasteiger partial charge in [0.2, 0.25) is 5.88 Å². The van der Waals surface area contributed by atoms with E-state index in [1.165, 1.54) is 21.8 Å². The number of aliphatic hydroxyl groups is 1. The second kappa shape index (κ2) is 10.5. The molecule has 7 heteroatoms. The van der Waals surface area contributed by atoms with Gasteiger partial charge in [0.15, 0.2) is 0 Å². The number of hydrogen-bond acceptors (Lipinski definition) is 6. The number of hydrogen-bond donors (Lipinski definition) is 1. The molecule has 0 spiro atoms. The standard InChI is InChI=1S/C27H31N3O4/c1-30-25-8-9-28-18-24(25)23-6-4-19(14-26(23)30)20-5-7-27(29-17-20)34-22-15-21(16-22)33-13-3-12-32-11-2-10-31/h4-9,14,17-18,21-22,31H,2-3,10-13,15-16H2,1H3. The molecule has 178 valence electrons. The van der Waals surface area contributed by atoms with E-state index in [4.69, 9.17) is 19.3 Å². The number of aliphatic hydroxyl groups excluding tert-OH is 1. The van der Waals surface area contributed by atoms with E-state index >= 15 is 0 Å². The summed E-state index contributed by atoms with van der Waals surface area (Å²) in [6.45, 7) is 2.15. The van der Waals surface area contributed by atoms with Gasteiger partial charge >= 0.3 is 0 Å². The number of nitrogens with zero attached hydrogens (tertiary/aromatic N) is 3. The van der Waals surface area contributed by atoms with Crippen LogP contribution in [-0.4, -0.2) is 58.3 Å². The average molecular weight is 462 g/mol. The molecule has 5 rings (SSSR count). The van der Waals surface area contributed by atoms with Crippen LogP contribution in [-0.2, 0) is 16.5 Å². The van der Waals surface area contributed by atoms with Crippen molar-refractivity contribution < 1.29 is 19.3 Å². The van der Waals surface area contributed by atoms with Gasteiger partial charge < -0.3 is 23.9 Å². The summed E-state index contributed by atoms with van der Waals surface area (Å²) in [7, 11) is 2.09. The van der Waals surface area contributed by atoms with E-state index in [0.717, 1.165) is 30.4 Å². The summed E-state index contributed by atoms with van der Waals surface area (Å²) in [6, 6.07) is 12.6. The van der Waals surface area contributed by atoms with E-state index in [9.17, 15) is 0 Å². The van der Waals surface area contributed by atoms with E-state index in [1.807, 2.05) is 30.7 Å². The molecule has 1 aromatic carbocycles. The Morgan fingerprint density at radius 3 is 2.59 bits per heavy atom. The molecule has 0 bridgehead atoms. The molecule has 7 nitrogen and oxygen atoms in total. The third-order valence-electron chi connectivity index (χ3n) is 6.45. The Balaban J connectivity index is 1.12. The van der Waals surface area contributed by atoms with Crippen LogP contribution in [0.5, 0.6) is 5.88 Å². The zero-order valence-electron chi connectivity index (χ0n) is 19.5. The smallest absolute Gasteiger partial charge is 0.213 e. The molecule has 3 aromatic heterocycles. The maximum atomic E-state index is 8.72. The summed E-state index contributed by atoms with van der Waals surface area (Å²) in [5, 5.41) is 11.1. The van der Waals surface area contributed by atoms with Gasteiger partial charge in [0.05, 0.1) is 11.6 Å². The number of aromatic nitrogens is 3. The number of pyridine rings is 2. The van der Waals surface area contributed by atoms with Gasteiger partial charge in [-0.2, -0.15) is 0 Å². The van der Waals surface area contributed by atoms with Crippen LogP contribution < -0.4 is 4.74 Å². The van der Waals surface area contributed by atoms with Crippen molar-refractivity contribution in [2.24, 2.45) is 7.05 Å². The third-order valence-corrected chi connectivity index (χ3v) is 6.45. The maximum absolute atomic E-state index is 8.72. The van der Waals surface area contributed by atoms with Crippen molar-refractivity contribution in [1.29, 1.82) is 0 Å². The van der Waals surface area contributed by atoms with E-state index in [0.29, 0.717) is 32.1 Å². The molecule has 1 saturated carbocycles. The summed E-state index contributed by atoms with van der Waals surface area (Å²) in [4.78, 5) is 8.82. The Bertz CT molecular complexity index is 1230. The lowest BCUT2D eigenvalue weighted by Crippen LogP contribution is -2.39. The maximum Gasteiger partial charge on any atom is 0.213 e. The highest BCUT2D eigenvalue weighted by Gasteiger charge is 2.31. The molecule has 0 aliphatic heterocycles. The first-order valence-corrected chi connectivity index (χ1v) is 12.0. The molecule has 1 aliphatic rings. The lowest BCUT2D eigenvalue weighted by Gasteiger charge is -2.34. The molecule has 34 heavy (non-hydrogen) atoms. The largest absolute Gasteiger partial charge is 0.474 e. The van der Waals surface area contributed by atoms with Gasteiger partial charge in [0.25, 0.3) is 0 Å². The second-order valence-electron chi connectivity index (χ2n) is 8.82. The van der Waals surface area contributed by atoms with Gasteiger partial charge in [-0.3, -0.25) is 4.98 Å². The summed E-state index contributed by atoms with van der Waals surface area (Å²) >= 11 is 0. The van der Waals surface area contributed by atoms with Crippen LogP contribution in [0.4, 0.5) is 0 Å². The van der Waals surface area contributed by atoms with Gasteiger partial charge in [0, 0.05) is 92.8 Å². The minimum atomic E-state index is 0.157. The molecular weight excluding hydrogens is 430 g/mol. The van der Waals surface area contributed by atoms with Crippen molar-refractivity contribution in [2.75, 3.05) is 26.4 Å². The van der Waals surface area contributed by atoms with E-state index in [2.05, 4.69) is 45.8 Å². The van der Waals surface area contributed by atoms with Crippen LogP contribution in [0.3, 0.4) is 0 Å². The van der Waals surface area contributed by atoms with E-state index in [-0.39, 0.29) is 18.8 Å². The Morgan fingerprint density at radius 2 is 1.76 bits per heavy atom. The third kappa shape index (κ3) is 4.92. The summed E-state index contributed by atoms with van der Waals surface area (Å²) in [5.74, 6) is 0.654. The zero-order chi connectivity index (χ0) is 23.3. The first-order valence-electron chi connectivity index (χ1n) is 12.0. The Hall–Kier alpha value is -3.00. The lowest BCUT2D eigenvalue weighted by atomic mass is 9.92. The van der Waals surface area contributed by atoms with Crippen molar-refractivity contribution in [3.8, 4) is 17.0 Å². The normalized spacial score (nSPS) is 17.8. The Labute approximate surface area is 199 Å². The fraction of sp³-hybridized carbons (Fsp3) is 0.407. The molecule has 1 fully saturated rings. The van der Waals surface area contributed by atoms with Crippen LogP contribution in [0, 0.1) is 0 Å². The van der Waals surface area contributed by atoms with Crippen LogP contribution in [0.15, 0.2) is 55.0 Å². The zero-order valence-corrected chi connectivity index (χ0v) is 19.5. The van der Waals surface area contributed by atoms with Crippen LogP contribution >= 0.6 is 0 Å². The van der Waals surface area contributed by atoms with Crippen molar-refractivity contribution >= 4 is 21.8 Å². The topological polar surface area (TPSA) is 78.6 Å². The summed E-state index contributed by atoms with van der Waals surface area (Å²) in [5.41, 5.74) is 4.55. The fourth-order valence-electron chi connectivity index (χ4n) is 4.45. The van der Waals surface area contributed by atoms with Crippen LogP contribution in [0.2, 0.25) is 0 Å². The molecular formula is C27H31N3O4. The summed E-state index contributed by atoms with van der Waals surface area (Å²) in [6.07, 6.45) is 9.39. The highest BCUT2D eigenvalue weighted by molar-refractivity contribution is 6.08. The van der Waals surface area contributed by atoms with Crippen molar-refractivity contribution in [1.82, 2.24) is 14.5 Å². The van der Waals surface area contributed by atoms with Gasteiger partial charge in [-0.15, -0.1) is 0 Å². The van der Waals surface area contributed by atoms with Gasteiger partial charge in [-0.05, 0) is 36.6 Å². The molecule has 3 heterocycles. The predicted molar refractivity (Wildman–Crippen MR) is 132 cm³/mol. The second-order valence-corrected chi connectivity index (χ2v) is 8.82. The molecule has 0 amide bonds. The van der Waals surface area contributed by atoms with Crippen molar-refractivity contribution in [3.63, 3.8) is 0 Å². The predicted octanol–water partition coefficient (Wildman–Crippen LogP) is 4.50. The van der Waals surface area contributed by atoms with Gasteiger partial charge in [-0.25, -0.2) is 4.98 Å². The Kier molecular flexibility index (Phi) is 7.04. The number of aryl methyl sites for hydroxylation is 1. The number of ether oxygens (including phenoxy) is 3. The molecule has 1 N–H and O–H groups in total. The molecule has 0 unspecified atom stereocenters. The van der Waals surface area contributed by atoms with Crippen molar-refractivity contribution in [3.05, 3.63) is 55.0 Å². The van der Waals surface area contributed by atoms with Crippen molar-refractivity contribution in [2.45, 2.75) is 37.9 Å². The first kappa shape index (κ1) is 22.8. The quantitative estimate of drug-likeness (QED) is 0.331. The van der Waals surface area contributed by atoms with Crippen LogP contribution in [0.1, 0.15) is 25.7 Å². The molecule has 4 aromatic rings. The van der Waals surface area contributed by atoms with E-state index < -0.39 is 0 Å². The van der Waals surface area contributed by atoms with Gasteiger partial charge in [0.1, 0.15) is 6.10 Å². The van der Waals surface area contributed by atoms with Gasteiger partial charge in [-0.1, -0.05) is 12.1 Å². The fourth-order valence-corrected chi connectivity index (χ4v) is 4.45. The average Bonchev–Trinajstić information content (AvgIpc) is 3.13. The summed E-state index contributed by atoms with van der Waals surface area (Å²) < 4.78 is 19.5. The SMILES string of the molecule is Cn1c2ccncc2c2ccc(-c3ccc(OC4CC(OCCCOCCCO)C4)nc3)cc21. The van der Waals surface area contributed by atoms with E-state index in [1.54, 1.807) is 0 Å². The Morgan fingerprint density at radius 1 is 0.912 bits per heavy atom. The molecule has 0 saturated heterocycles. The number of fused-ring (bicyclic) bond motifs is 3. The lowest BCUT2D eigenvalue weighted by molar-refractivity contribution is -0.0662.